The molecule has 0 saturated carbocycles. The van der Waals surface area contributed by atoms with Crippen molar-refractivity contribution in [1.82, 2.24) is 9.99 Å². The van der Waals surface area contributed by atoms with Gasteiger partial charge in [0.2, 0.25) is 5.91 Å². The maximum Gasteiger partial charge on any atom is 0.330 e. The van der Waals surface area contributed by atoms with Crippen LogP contribution in [0.4, 0.5) is 5.69 Å². The van der Waals surface area contributed by atoms with E-state index in [0.29, 0.717) is 17.0 Å². The van der Waals surface area contributed by atoms with Crippen molar-refractivity contribution < 1.29 is 14.7 Å². The maximum atomic E-state index is 13.6. The molecule has 5 atom stereocenters. The second-order valence-electron chi connectivity index (χ2n) is 9.80. The van der Waals surface area contributed by atoms with E-state index in [-0.39, 0.29) is 18.0 Å². The van der Waals surface area contributed by atoms with Crippen molar-refractivity contribution in [3.05, 3.63) is 102 Å². The fourth-order valence-corrected chi connectivity index (χ4v) is 6.44. The number of anilines is 1. The number of carboxylic acids is 1. The zero-order valence-corrected chi connectivity index (χ0v) is 24.4. The highest BCUT2D eigenvalue weighted by Crippen LogP contribution is 2.36. The topological polar surface area (TPSA) is 94.0 Å². The lowest BCUT2D eigenvalue weighted by molar-refractivity contribution is -0.138. The third kappa shape index (κ3) is 7.80. The molecular formula is C30H36N4O3P2. The molecule has 3 N–H and O–H groups in total. The van der Waals surface area contributed by atoms with Crippen LogP contribution in [0.5, 0.6) is 0 Å². The Balaban J connectivity index is 1.66. The summed E-state index contributed by atoms with van der Waals surface area (Å²) < 4.78 is 0. The summed E-state index contributed by atoms with van der Waals surface area (Å²) in [7, 11) is 2.09. The number of para-hydroxylation sites is 1. The molecule has 3 aromatic carbocycles. The lowest BCUT2D eigenvalue weighted by atomic mass is 9.99. The highest BCUT2D eigenvalue weighted by atomic mass is 32.0. The first kappa shape index (κ1) is 29.0. The summed E-state index contributed by atoms with van der Waals surface area (Å²) in [5, 5.41) is 16.5. The van der Waals surface area contributed by atoms with Gasteiger partial charge in [-0.3, -0.25) is 19.8 Å². The second kappa shape index (κ2) is 13.9. The van der Waals surface area contributed by atoms with Crippen LogP contribution >= 0.6 is 16.7 Å². The first-order valence-corrected chi connectivity index (χ1v) is 16.5. The molecule has 1 aliphatic heterocycles. The van der Waals surface area contributed by atoms with Gasteiger partial charge in [-0.25, -0.2) is 4.79 Å². The number of rotatable bonds is 11. The Labute approximate surface area is 234 Å². The van der Waals surface area contributed by atoms with Crippen molar-refractivity contribution in [2.24, 2.45) is 4.99 Å². The van der Waals surface area contributed by atoms with E-state index in [1.165, 1.54) is 5.56 Å². The second-order valence-corrected chi connectivity index (χ2v) is 13.6. The highest BCUT2D eigenvalue weighted by molar-refractivity contribution is 8.12. The lowest BCUT2D eigenvalue weighted by Crippen LogP contribution is -2.40. The molecule has 204 valence electrons. The van der Waals surface area contributed by atoms with Crippen molar-refractivity contribution in [2.75, 3.05) is 18.5 Å². The number of aliphatic imine (C=N–C) groups is 1. The van der Waals surface area contributed by atoms with Crippen LogP contribution in [0.1, 0.15) is 36.5 Å². The van der Waals surface area contributed by atoms with Crippen LogP contribution < -0.4 is 10.4 Å². The van der Waals surface area contributed by atoms with Crippen molar-refractivity contribution in [3.63, 3.8) is 0 Å². The minimum atomic E-state index is -1.01. The zero-order valence-electron chi connectivity index (χ0n) is 22.3. The monoisotopic (exact) mass is 562 g/mol. The Morgan fingerprint density at radius 1 is 1.05 bits per heavy atom. The number of carbonyl (C=O) groups is 2. The van der Waals surface area contributed by atoms with Crippen molar-refractivity contribution in [3.8, 4) is 0 Å². The molecule has 2 unspecified atom stereocenters. The van der Waals surface area contributed by atoms with Gasteiger partial charge in [0, 0.05) is 23.7 Å². The Hall–Kier alpha value is -2.95. The number of amides is 1. The van der Waals surface area contributed by atoms with Gasteiger partial charge in [0.25, 0.3) is 0 Å². The average molecular weight is 563 g/mol. The molecular weight excluding hydrogens is 526 g/mol. The van der Waals surface area contributed by atoms with Gasteiger partial charge in [-0.1, -0.05) is 87.8 Å². The number of likely N-dealkylation sites (tertiary alicyclic amines) is 1. The van der Waals surface area contributed by atoms with Crippen LogP contribution in [0.15, 0.2) is 89.9 Å². The SMILES string of the molecule is C[C@@H](NP(C)P)[C@H](N=C(c1ccccc1)c1ccccc1NC(=O)[C@@H]1CCCN1Cc1ccccc1)C(=O)O. The summed E-state index contributed by atoms with van der Waals surface area (Å²) in [6.07, 6.45) is 1.75. The van der Waals surface area contributed by atoms with E-state index >= 15 is 0 Å². The van der Waals surface area contributed by atoms with Gasteiger partial charge in [-0.05, 0) is 52.4 Å². The van der Waals surface area contributed by atoms with Crippen LogP contribution in [-0.4, -0.2) is 58.9 Å². The molecule has 1 fully saturated rings. The zero-order chi connectivity index (χ0) is 27.8. The van der Waals surface area contributed by atoms with Crippen molar-refractivity contribution >= 4 is 40.0 Å². The van der Waals surface area contributed by atoms with E-state index in [1.54, 1.807) is 0 Å². The number of hydrogen-bond donors (Lipinski definition) is 3. The third-order valence-electron chi connectivity index (χ3n) is 6.78. The lowest BCUT2D eigenvalue weighted by Gasteiger charge is -2.25. The predicted octanol–water partition coefficient (Wildman–Crippen LogP) is 5.38. The number of benzene rings is 3. The Morgan fingerprint density at radius 3 is 2.36 bits per heavy atom. The normalized spacial score (nSPS) is 18.3. The number of aliphatic carboxylic acids is 1. The van der Waals surface area contributed by atoms with Gasteiger partial charge in [-0.15, -0.1) is 0 Å². The van der Waals surface area contributed by atoms with Gasteiger partial charge in [0.05, 0.1) is 17.4 Å². The van der Waals surface area contributed by atoms with Gasteiger partial charge in [0.1, 0.15) is 0 Å². The molecule has 3 aromatic rings. The fourth-order valence-electron chi connectivity index (χ4n) is 4.95. The molecule has 1 saturated heterocycles. The maximum absolute atomic E-state index is 13.6. The van der Waals surface area contributed by atoms with E-state index in [2.05, 4.69) is 36.4 Å². The number of nitrogens with one attached hydrogen (secondary N) is 2. The molecule has 0 spiro atoms. The minimum Gasteiger partial charge on any atom is -0.480 e. The molecule has 1 amide bonds. The van der Waals surface area contributed by atoms with E-state index in [0.717, 1.165) is 31.5 Å². The van der Waals surface area contributed by atoms with Crippen LogP contribution in [-0.2, 0) is 16.1 Å². The number of carbonyl (C=O) groups excluding carboxylic acids is 1. The van der Waals surface area contributed by atoms with Crippen molar-refractivity contribution in [1.29, 1.82) is 0 Å². The summed E-state index contributed by atoms with van der Waals surface area (Å²) in [4.78, 5) is 32.9. The summed E-state index contributed by atoms with van der Waals surface area (Å²) in [6, 6.07) is 25.6. The van der Waals surface area contributed by atoms with Crippen LogP contribution in [0.25, 0.3) is 0 Å². The Morgan fingerprint density at radius 2 is 1.69 bits per heavy atom. The Bertz CT molecular complexity index is 1290. The Kier molecular flexibility index (Phi) is 10.4. The van der Waals surface area contributed by atoms with E-state index in [4.69, 9.17) is 4.99 Å². The fraction of sp³-hybridized carbons (Fsp3) is 0.300. The number of hydrogen-bond acceptors (Lipinski definition) is 5. The largest absolute Gasteiger partial charge is 0.480 e. The summed E-state index contributed by atoms with van der Waals surface area (Å²) >= 11 is 0. The first-order valence-electron chi connectivity index (χ1n) is 13.1. The van der Waals surface area contributed by atoms with E-state index < -0.39 is 19.8 Å². The van der Waals surface area contributed by atoms with Gasteiger partial charge in [-0.2, -0.15) is 0 Å². The molecule has 39 heavy (non-hydrogen) atoms. The van der Waals surface area contributed by atoms with Gasteiger partial charge >= 0.3 is 5.97 Å². The molecule has 1 heterocycles. The van der Waals surface area contributed by atoms with Crippen LogP contribution in [0, 0.1) is 0 Å². The predicted molar refractivity (Wildman–Crippen MR) is 164 cm³/mol. The number of carboxylic acid groups (broad SMARTS) is 1. The minimum absolute atomic E-state index is 0.0623. The van der Waals surface area contributed by atoms with E-state index in [1.807, 2.05) is 86.4 Å². The van der Waals surface area contributed by atoms with Crippen molar-refractivity contribution in [2.45, 2.75) is 44.4 Å². The standard InChI is InChI=1S/C30H36N4O3P2/c1-21(33-39(2)38)27(30(36)37)32-28(23-14-7-4-8-15-23)24-16-9-10-17-25(24)31-29(35)26-18-11-19-34(26)20-22-12-5-3-6-13-22/h3-10,12-17,21,26-27,33H,11,18-20,38H2,1-2H3,(H,31,35)(H,36,37)/t21-,26+,27+,39?/m1/s1. The highest BCUT2D eigenvalue weighted by Gasteiger charge is 2.31. The molecule has 0 aliphatic carbocycles. The van der Waals surface area contributed by atoms with Gasteiger partial charge < -0.3 is 10.4 Å². The summed E-state index contributed by atoms with van der Waals surface area (Å²) in [5.41, 5.74) is 3.80. The molecule has 1 aliphatic rings. The van der Waals surface area contributed by atoms with Crippen LogP contribution in [0.3, 0.4) is 0 Å². The molecule has 7 nitrogen and oxygen atoms in total. The molecule has 0 radical (unpaired) electrons. The quantitative estimate of drug-likeness (QED) is 0.216. The molecule has 4 rings (SSSR count). The molecule has 9 heteroatoms. The molecule has 0 aromatic heterocycles. The van der Waals surface area contributed by atoms with Gasteiger partial charge in [0.15, 0.2) is 6.04 Å². The third-order valence-corrected chi connectivity index (χ3v) is 8.05. The molecule has 0 bridgehead atoms. The first-order chi connectivity index (χ1) is 18.8. The summed E-state index contributed by atoms with van der Waals surface area (Å²) in [6.45, 7) is 5.43. The smallest absolute Gasteiger partial charge is 0.330 e. The average Bonchev–Trinajstić information content (AvgIpc) is 3.38. The summed E-state index contributed by atoms with van der Waals surface area (Å²) in [5.74, 6) is -1.07. The van der Waals surface area contributed by atoms with E-state index in [9.17, 15) is 14.7 Å². The number of nitrogens with zero attached hydrogens (tertiary/aromatic N) is 2. The van der Waals surface area contributed by atoms with Crippen LogP contribution in [0.2, 0.25) is 0 Å².